The van der Waals surface area contributed by atoms with Gasteiger partial charge in [-0.2, -0.15) is 0 Å². The summed E-state index contributed by atoms with van der Waals surface area (Å²) in [5.41, 5.74) is 0.937. The van der Waals surface area contributed by atoms with Crippen molar-refractivity contribution in [3.63, 3.8) is 0 Å². The van der Waals surface area contributed by atoms with Crippen molar-refractivity contribution < 1.29 is 14.3 Å². The molecule has 1 rings (SSSR count). The number of alkyl carbamates (subject to hydrolysis) is 1. The first-order valence-electron chi connectivity index (χ1n) is 5.28. The van der Waals surface area contributed by atoms with Crippen LogP contribution < -0.4 is 5.32 Å². The van der Waals surface area contributed by atoms with Crippen molar-refractivity contribution in [1.29, 1.82) is 5.41 Å². The third-order valence-corrected chi connectivity index (χ3v) is 2.08. The van der Waals surface area contributed by atoms with Crippen LogP contribution in [0.5, 0.6) is 0 Å². The van der Waals surface area contributed by atoms with Crippen LogP contribution in [0.3, 0.4) is 0 Å². The maximum absolute atomic E-state index is 11.2. The molecule has 6 heteroatoms. The van der Waals surface area contributed by atoms with E-state index in [0.717, 1.165) is 5.56 Å². The number of hydrogen-bond acceptors (Lipinski definition) is 4. The minimum atomic E-state index is -0.488. The molecule has 0 radical (unpaired) electrons. The lowest BCUT2D eigenvalue weighted by Gasteiger charge is -2.07. The van der Waals surface area contributed by atoms with Crippen LogP contribution in [0.4, 0.5) is 4.79 Å². The molecule has 2 N–H and O–H groups in total. The molecule has 1 amide bonds. The normalized spacial score (nSPS) is 8.94. The van der Waals surface area contributed by atoms with Crippen molar-refractivity contribution in [3.05, 3.63) is 35.9 Å². The number of benzene rings is 1. The number of rotatable bonds is 5. The summed E-state index contributed by atoms with van der Waals surface area (Å²) in [4.78, 5) is 11.2. The van der Waals surface area contributed by atoms with Crippen molar-refractivity contribution in [2.75, 3.05) is 13.7 Å². The first-order chi connectivity index (χ1) is 8.22. The SMILES string of the molecule is COC(=N)CCNC(=O)OCc1ccccc1.Cl. The number of nitrogens with one attached hydrogen (secondary N) is 2. The van der Waals surface area contributed by atoms with Gasteiger partial charge in [0.05, 0.1) is 7.11 Å². The zero-order valence-electron chi connectivity index (χ0n) is 10.1. The van der Waals surface area contributed by atoms with Crippen molar-refractivity contribution in [2.45, 2.75) is 13.0 Å². The molecule has 100 valence electrons. The summed E-state index contributed by atoms with van der Waals surface area (Å²) >= 11 is 0. The molecular weight excluding hydrogens is 256 g/mol. The number of halogens is 1. The van der Waals surface area contributed by atoms with E-state index in [0.29, 0.717) is 13.0 Å². The van der Waals surface area contributed by atoms with Gasteiger partial charge < -0.3 is 14.8 Å². The van der Waals surface area contributed by atoms with E-state index in [2.05, 4.69) is 10.1 Å². The van der Waals surface area contributed by atoms with Crippen LogP contribution in [-0.2, 0) is 16.1 Å². The maximum Gasteiger partial charge on any atom is 0.407 e. The van der Waals surface area contributed by atoms with E-state index >= 15 is 0 Å². The zero-order chi connectivity index (χ0) is 12.5. The number of methoxy groups -OCH3 is 1. The second-order valence-electron chi connectivity index (χ2n) is 3.37. The molecule has 0 saturated carbocycles. The Morgan fingerprint density at radius 3 is 2.61 bits per heavy atom. The van der Waals surface area contributed by atoms with Crippen molar-refractivity contribution in [2.24, 2.45) is 0 Å². The molecule has 0 aromatic heterocycles. The molecule has 1 aromatic rings. The first-order valence-corrected chi connectivity index (χ1v) is 5.28. The highest BCUT2D eigenvalue weighted by atomic mass is 35.5. The first kappa shape index (κ1) is 16.2. The van der Waals surface area contributed by atoms with Crippen LogP contribution in [0.1, 0.15) is 12.0 Å². The highest BCUT2D eigenvalue weighted by Crippen LogP contribution is 2.00. The Morgan fingerprint density at radius 1 is 1.33 bits per heavy atom. The maximum atomic E-state index is 11.2. The molecule has 0 heterocycles. The highest BCUT2D eigenvalue weighted by molar-refractivity contribution is 5.85. The molecule has 0 atom stereocenters. The van der Waals surface area contributed by atoms with Crippen LogP contribution in [0.25, 0.3) is 0 Å². The Morgan fingerprint density at radius 2 is 2.00 bits per heavy atom. The zero-order valence-corrected chi connectivity index (χ0v) is 11.0. The van der Waals surface area contributed by atoms with Gasteiger partial charge in [-0.3, -0.25) is 5.41 Å². The van der Waals surface area contributed by atoms with Gasteiger partial charge in [0, 0.05) is 13.0 Å². The topological polar surface area (TPSA) is 71.4 Å². The molecule has 0 aliphatic carbocycles. The van der Waals surface area contributed by atoms with E-state index in [1.165, 1.54) is 7.11 Å². The minimum Gasteiger partial charge on any atom is -0.484 e. The predicted octanol–water partition coefficient (Wildman–Crippen LogP) is 2.35. The fourth-order valence-electron chi connectivity index (χ4n) is 1.15. The molecule has 5 nitrogen and oxygen atoms in total. The molecule has 0 spiro atoms. The van der Waals surface area contributed by atoms with E-state index in [9.17, 15) is 4.79 Å². The van der Waals surface area contributed by atoms with Crippen LogP contribution in [0, 0.1) is 5.41 Å². The quantitative estimate of drug-likeness (QED) is 0.638. The lowest BCUT2D eigenvalue weighted by molar-refractivity contribution is 0.140. The highest BCUT2D eigenvalue weighted by Gasteiger charge is 2.02. The molecular formula is C12H17ClN2O3. The fraction of sp³-hybridized carbons (Fsp3) is 0.333. The number of carbonyl (C=O) groups is 1. The van der Waals surface area contributed by atoms with Crippen LogP contribution in [0.15, 0.2) is 30.3 Å². The van der Waals surface area contributed by atoms with Gasteiger partial charge in [0.25, 0.3) is 0 Å². The van der Waals surface area contributed by atoms with E-state index in [1.807, 2.05) is 30.3 Å². The summed E-state index contributed by atoms with van der Waals surface area (Å²) < 4.78 is 9.63. The van der Waals surface area contributed by atoms with E-state index < -0.39 is 6.09 Å². The Labute approximate surface area is 112 Å². The van der Waals surface area contributed by atoms with Gasteiger partial charge in [-0.1, -0.05) is 30.3 Å². The Kier molecular flexibility index (Phi) is 8.39. The summed E-state index contributed by atoms with van der Waals surface area (Å²) in [5, 5.41) is 9.74. The lowest BCUT2D eigenvalue weighted by Crippen LogP contribution is -2.26. The van der Waals surface area contributed by atoms with Crippen LogP contribution in [-0.4, -0.2) is 25.6 Å². The number of carbonyl (C=O) groups excluding carboxylic acids is 1. The Hall–Kier alpha value is -1.75. The predicted molar refractivity (Wildman–Crippen MR) is 71.2 cm³/mol. The molecule has 0 fully saturated rings. The molecule has 0 unspecified atom stereocenters. The fourth-order valence-corrected chi connectivity index (χ4v) is 1.15. The van der Waals surface area contributed by atoms with Crippen molar-refractivity contribution in [1.82, 2.24) is 5.32 Å². The average Bonchev–Trinajstić information content (AvgIpc) is 2.37. The molecule has 18 heavy (non-hydrogen) atoms. The monoisotopic (exact) mass is 272 g/mol. The van der Waals surface area contributed by atoms with E-state index in [-0.39, 0.29) is 24.9 Å². The van der Waals surface area contributed by atoms with Gasteiger partial charge in [0.2, 0.25) is 0 Å². The molecule has 0 saturated heterocycles. The van der Waals surface area contributed by atoms with Crippen molar-refractivity contribution >= 4 is 24.4 Å². The van der Waals surface area contributed by atoms with Gasteiger partial charge >= 0.3 is 6.09 Å². The van der Waals surface area contributed by atoms with Gasteiger partial charge in [-0.15, -0.1) is 12.4 Å². The second kappa shape index (κ2) is 9.30. The van der Waals surface area contributed by atoms with Gasteiger partial charge in [-0.25, -0.2) is 4.79 Å². The smallest absolute Gasteiger partial charge is 0.407 e. The third-order valence-electron chi connectivity index (χ3n) is 2.08. The molecule has 0 aliphatic rings. The average molecular weight is 273 g/mol. The second-order valence-corrected chi connectivity index (χ2v) is 3.37. The molecule has 0 aliphatic heterocycles. The summed E-state index contributed by atoms with van der Waals surface area (Å²) in [6, 6.07) is 9.44. The van der Waals surface area contributed by atoms with E-state index in [4.69, 9.17) is 10.1 Å². The summed E-state index contributed by atoms with van der Waals surface area (Å²) in [5.74, 6) is 0.133. The van der Waals surface area contributed by atoms with Gasteiger partial charge in [0.1, 0.15) is 6.61 Å². The standard InChI is InChI=1S/C12H16N2O3.ClH/c1-16-11(13)7-8-14-12(15)17-9-10-5-3-2-4-6-10;/h2-6,13H,7-9H2,1H3,(H,14,15);1H. The van der Waals surface area contributed by atoms with Gasteiger partial charge in [-0.05, 0) is 5.56 Å². The minimum absolute atomic E-state index is 0. The summed E-state index contributed by atoms with van der Waals surface area (Å²) in [6.45, 7) is 0.578. The molecule has 1 aromatic carbocycles. The summed E-state index contributed by atoms with van der Waals surface area (Å²) in [6.07, 6.45) is -0.130. The lowest BCUT2D eigenvalue weighted by atomic mass is 10.2. The van der Waals surface area contributed by atoms with Crippen LogP contribution >= 0.6 is 12.4 Å². The Bertz CT molecular complexity index is 371. The Balaban J connectivity index is 0.00000289. The van der Waals surface area contributed by atoms with Crippen LogP contribution in [0.2, 0.25) is 0 Å². The van der Waals surface area contributed by atoms with Gasteiger partial charge in [0.15, 0.2) is 5.90 Å². The van der Waals surface area contributed by atoms with E-state index in [1.54, 1.807) is 0 Å². The number of amides is 1. The third kappa shape index (κ3) is 6.75. The van der Waals surface area contributed by atoms with Crippen molar-refractivity contribution in [3.8, 4) is 0 Å². The largest absolute Gasteiger partial charge is 0.484 e. The number of ether oxygens (including phenoxy) is 2. The molecule has 0 bridgehead atoms. The number of hydrogen-bond donors (Lipinski definition) is 2. The summed E-state index contributed by atoms with van der Waals surface area (Å²) in [7, 11) is 1.43.